The van der Waals surface area contributed by atoms with Crippen molar-refractivity contribution in [1.29, 1.82) is 0 Å². The molecule has 4 nitrogen and oxygen atoms in total. The van der Waals surface area contributed by atoms with Crippen molar-refractivity contribution in [2.75, 3.05) is 5.32 Å². The first-order chi connectivity index (χ1) is 8.58. The Morgan fingerprint density at radius 2 is 2.17 bits per heavy atom. The molecule has 0 saturated carbocycles. The molecule has 0 saturated heterocycles. The molecular weight excluding hydrogens is 303 g/mol. The van der Waals surface area contributed by atoms with E-state index in [9.17, 15) is 14.3 Å². The third kappa shape index (κ3) is 2.65. The second kappa shape index (κ2) is 5.14. The Hall–Kier alpha value is -1.95. The van der Waals surface area contributed by atoms with Gasteiger partial charge in [0.1, 0.15) is 17.4 Å². The van der Waals surface area contributed by atoms with Crippen molar-refractivity contribution in [2.45, 2.75) is 0 Å². The van der Waals surface area contributed by atoms with Crippen LogP contribution in [0.5, 0.6) is 5.75 Å². The maximum atomic E-state index is 12.8. The smallest absolute Gasteiger partial charge is 0.260 e. The zero-order valence-corrected chi connectivity index (χ0v) is 10.6. The maximum absolute atomic E-state index is 12.8. The van der Waals surface area contributed by atoms with Gasteiger partial charge in [-0.15, -0.1) is 0 Å². The monoisotopic (exact) mass is 310 g/mol. The highest BCUT2D eigenvalue weighted by Gasteiger charge is 2.13. The predicted octanol–water partition coefficient (Wildman–Crippen LogP) is 2.94. The molecule has 0 fully saturated rings. The number of aromatic hydroxyl groups is 1. The molecule has 92 valence electrons. The van der Waals surface area contributed by atoms with Crippen LogP contribution in [-0.2, 0) is 0 Å². The number of phenols is 1. The van der Waals surface area contributed by atoms with E-state index in [1.165, 1.54) is 12.3 Å². The second-order valence-corrected chi connectivity index (χ2v) is 4.30. The van der Waals surface area contributed by atoms with Gasteiger partial charge in [0.25, 0.3) is 5.91 Å². The summed E-state index contributed by atoms with van der Waals surface area (Å²) in [6.07, 6.45) is 1.52. The first-order valence-electron chi connectivity index (χ1n) is 4.98. The fourth-order valence-electron chi connectivity index (χ4n) is 1.35. The van der Waals surface area contributed by atoms with Crippen LogP contribution in [0, 0.1) is 5.82 Å². The summed E-state index contributed by atoms with van der Waals surface area (Å²) in [5.74, 6) is -1.26. The maximum Gasteiger partial charge on any atom is 0.260 e. The Morgan fingerprint density at radius 1 is 1.39 bits per heavy atom. The summed E-state index contributed by atoms with van der Waals surface area (Å²) in [5, 5.41) is 12.0. The fraction of sp³-hybridized carbons (Fsp3) is 0. The number of rotatable bonds is 2. The summed E-state index contributed by atoms with van der Waals surface area (Å²) in [6.45, 7) is 0. The van der Waals surface area contributed by atoms with Crippen LogP contribution in [-0.4, -0.2) is 16.0 Å². The molecule has 0 radical (unpaired) electrons. The third-order valence-electron chi connectivity index (χ3n) is 2.19. The molecule has 1 aromatic heterocycles. The van der Waals surface area contributed by atoms with E-state index < -0.39 is 17.5 Å². The Morgan fingerprint density at radius 3 is 2.83 bits per heavy atom. The number of hydrogen-bond acceptors (Lipinski definition) is 3. The number of pyridine rings is 1. The number of phenolic OH excluding ortho intramolecular Hbond substituents is 1. The SMILES string of the molecule is O=C(Nc1ncccc1Br)c1ccc(F)cc1O. The Labute approximate surface area is 111 Å². The number of nitrogens with zero attached hydrogens (tertiary/aromatic N) is 1. The van der Waals surface area contributed by atoms with Crippen LogP contribution in [0.3, 0.4) is 0 Å². The minimum atomic E-state index is -0.608. The molecule has 0 unspecified atom stereocenters. The lowest BCUT2D eigenvalue weighted by Gasteiger charge is -2.07. The van der Waals surface area contributed by atoms with E-state index in [2.05, 4.69) is 26.2 Å². The van der Waals surface area contributed by atoms with Gasteiger partial charge in [0, 0.05) is 12.3 Å². The standard InChI is InChI=1S/C12H8BrFN2O2/c13-9-2-1-5-15-11(9)16-12(18)8-4-3-7(14)6-10(8)17/h1-6,17H,(H,15,16,18). The molecule has 1 heterocycles. The van der Waals surface area contributed by atoms with Gasteiger partial charge >= 0.3 is 0 Å². The van der Waals surface area contributed by atoms with E-state index >= 15 is 0 Å². The van der Waals surface area contributed by atoms with Crippen LogP contribution >= 0.6 is 15.9 Å². The first-order valence-corrected chi connectivity index (χ1v) is 5.77. The molecule has 0 atom stereocenters. The molecule has 18 heavy (non-hydrogen) atoms. The van der Waals surface area contributed by atoms with Crippen LogP contribution < -0.4 is 5.32 Å². The molecule has 1 amide bonds. The largest absolute Gasteiger partial charge is 0.507 e. The Kier molecular flexibility index (Phi) is 3.57. The van der Waals surface area contributed by atoms with Gasteiger partial charge < -0.3 is 10.4 Å². The number of anilines is 1. The minimum absolute atomic E-state index is 0.0195. The molecule has 6 heteroatoms. The minimum Gasteiger partial charge on any atom is -0.507 e. The number of nitrogens with one attached hydrogen (secondary N) is 1. The summed E-state index contributed by atoms with van der Waals surface area (Å²) < 4.78 is 13.4. The van der Waals surface area contributed by atoms with Gasteiger partial charge in [-0.05, 0) is 40.2 Å². The quantitative estimate of drug-likeness (QED) is 0.896. The molecule has 2 rings (SSSR count). The Balaban J connectivity index is 2.25. The van der Waals surface area contributed by atoms with Crippen LogP contribution in [0.15, 0.2) is 41.0 Å². The molecule has 2 N–H and O–H groups in total. The number of carbonyl (C=O) groups excluding carboxylic acids is 1. The van der Waals surface area contributed by atoms with Crippen molar-refractivity contribution in [1.82, 2.24) is 4.98 Å². The van der Waals surface area contributed by atoms with E-state index in [-0.39, 0.29) is 5.56 Å². The van der Waals surface area contributed by atoms with Crippen LogP contribution in [0.2, 0.25) is 0 Å². The fourth-order valence-corrected chi connectivity index (χ4v) is 1.70. The van der Waals surface area contributed by atoms with Gasteiger partial charge in [-0.25, -0.2) is 9.37 Å². The Bertz CT molecular complexity index is 604. The van der Waals surface area contributed by atoms with Crippen molar-refractivity contribution in [3.05, 3.63) is 52.4 Å². The van der Waals surface area contributed by atoms with Gasteiger partial charge in [-0.1, -0.05) is 0 Å². The highest BCUT2D eigenvalue weighted by molar-refractivity contribution is 9.10. The van der Waals surface area contributed by atoms with E-state index in [0.717, 1.165) is 12.1 Å². The second-order valence-electron chi connectivity index (χ2n) is 3.45. The summed E-state index contributed by atoms with van der Waals surface area (Å²) in [7, 11) is 0. The van der Waals surface area contributed by atoms with Gasteiger partial charge in [0.15, 0.2) is 0 Å². The van der Waals surface area contributed by atoms with Crippen molar-refractivity contribution in [2.24, 2.45) is 0 Å². The van der Waals surface area contributed by atoms with E-state index in [1.54, 1.807) is 12.1 Å². The molecule has 0 aliphatic carbocycles. The third-order valence-corrected chi connectivity index (χ3v) is 2.83. The molecule has 2 aromatic rings. The molecule has 0 spiro atoms. The van der Waals surface area contributed by atoms with Crippen LogP contribution in [0.1, 0.15) is 10.4 Å². The van der Waals surface area contributed by atoms with Gasteiger partial charge in [0.2, 0.25) is 0 Å². The van der Waals surface area contributed by atoms with Crippen molar-refractivity contribution >= 4 is 27.7 Å². The summed E-state index contributed by atoms with van der Waals surface area (Å²) >= 11 is 3.23. The van der Waals surface area contributed by atoms with E-state index in [1.807, 2.05) is 0 Å². The highest BCUT2D eigenvalue weighted by Crippen LogP contribution is 2.22. The zero-order valence-electron chi connectivity index (χ0n) is 9.02. The van der Waals surface area contributed by atoms with Crippen molar-refractivity contribution < 1.29 is 14.3 Å². The highest BCUT2D eigenvalue weighted by atomic mass is 79.9. The number of aromatic nitrogens is 1. The van der Waals surface area contributed by atoms with Crippen molar-refractivity contribution in [3.8, 4) is 5.75 Å². The lowest BCUT2D eigenvalue weighted by Crippen LogP contribution is -2.13. The summed E-state index contributed by atoms with van der Waals surface area (Å²) in [4.78, 5) is 15.8. The number of carbonyl (C=O) groups is 1. The lowest BCUT2D eigenvalue weighted by molar-refractivity contribution is 0.102. The lowest BCUT2D eigenvalue weighted by atomic mass is 10.2. The zero-order chi connectivity index (χ0) is 13.1. The van der Waals surface area contributed by atoms with Crippen molar-refractivity contribution in [3.63, 3.8) is 0 Å². The number of benzene rings is 1. The number of amides is 1. The molecule has 1 aromatic carbocycles. The molecular formula is C12H8BrFN2O2. The summed E-state index contributed by atoms with van der Waals surface area (Å²) in [6, 6.07) is 6.60. The number of halogens is 2. The van der Waals surface area contributed by atoms with Gasteiger partial charge in [0.05, 0.1) is 10.0 Å². The average molecular weight is 311 g/mol. The normalized spacial score (nSPS) is 10.1. The van der Waals surface area contributed by atoms with Gasteiger partial charge in [-0.3, -0.25) is 4.79 Å². The number of hydrogen-bond donors (Lipinski definition) is 2. The first kappa shape index (κ1) is 12.5. The van der Waals surface area contributed by atoms with Crippen LogP contribution in [0.4, 0.5) is 10.2 Å². The average Bonchev–Trinajstić information content (AvgIpc) is 2.32. The van der Waals surface area contributed by atoms with Crippen LogP contribution in [0.25, 0.3) is 0 Å². The molecule has 0 aliphatic heterocycles. The topological polar surface area (TPSA) is 62.2 Å². The van der Waals surface area contributed by atoms with E-state index in [4.69, 9.17) is 0 Å². The van der Waals surface area contributed by atoms with E-state index in [0.29, 0.717) is 10.3 Å². The molecule has 0 aliphatic rings. The predicted molar refractivity (Wildman–Crippen MR) is 68.0 cm³/mol. The van der Waals surface area contributed by atoms with Gasteiger partial charge in [-0.2, -0.15) is 0 Å². The summed E-state index contributed by atoms with van der Waals surface area (Å²) in [5.41, 5.74) is -0.0195. The molecule has 0 bridgehead atoms.